The number of nitrogens with one attached hydrogen (secondary N) is 1. The zero-order valence-corrected chi connectivity index (χ0v) is 16.0. The Bertz CT molecular complexity index is 1020. The number of carbonyl (C=O) groups excluding carboxylic acids is 2. The van der Waals surface area contributed by atoms with E-state index in [1.165, 1.54) is 0 Å². The van der Waals surface area contributed by atoms with Crippen molar-refractivity contribution in [2.45, 2.75) is 19.1 Å². The van der Waals surface area contributed by atoms with Crippen LogP contribution in [0.4, 0.5) is 8.78 Å². The Morgan fingerprint density at radius 1 is 0.900 bits per heavy atom. The molecule has 3 aromatic carbocycles. The van der Waals surface area contributed by atoms with E-state index in [0.29, 0.717) is 24.0 Å². The van der Waals surface area contributed by atoms with Gasteiger partial charge in [-0.2, -0.15) is 0 Å². The topological polar surface area (TPSA) is 81.4 Å². The summed E-state index contributed by atoms with van der Waals surface area (Å²) in [6, 6.07) is 18.0. The van der Waals surface area contributed by atoms with Crippen LogP contribution in [0.15, 0.2) is 72.8 Å². The second-order valence-electron chi connectivity index (χ2n) is 6.71. The van der Waals surface area contributed by atoms with Crippen LogP contribution >= 0.6 is 0 Å². The predicted molar refractivity (Wildman–Crippen MR) is 108 cm³/mol. The summed E-state index contributed by atoms with van der Waals surface area (Å²) in [5, 5.41) is 2.43. The van der Waals surface area contributed by atoms with Gasteiger partial charge in [0.2, 0.25) is 5.91 Å². The molecule has 0 aliphatic rings. The Morgan fingerprint density at radius 2 is 1.57 bits per heavy atom. The summed E-state index contributed by atoms with van der Waals surface area (Å²) in [7, 11) is 0. The fourth-order valence-corrected chi connectivity index (χ4v) is 2.89. The highest BCUT2D eigenvalue weighted by Crippen LogP contribution is 2.17. The van der Waals surface area contributed by atoms with Crippen LogP contribution in [0.3, 0.4) is 0 Å². The van der Waals surface area contributed by atoms with Crippen LogP contribution in [0.2, 0.25) is 0 Å². The van der Waals surface area contributed by atoms with E-state index in [2.05, 4.69) is 5.32 Å². The van der Waals surface area contributed by atoms with Gasteiger partial charge in [-0.25, -0.2) is 8.78 Å². The molecule has 0 saturated heterocycles. The normalized spacial score (nSPS) is 11.5. The number of halogens is 2. The molecule has 7 heteroatoms. The summed E-state index contributed by atoms with van der Waals surface area (Å²) < 4.78 is 32.5. The molecule has 30 heavy (non-hydrogen) atoms. The molecule has 0 saturated carbocycles. The first-order chi connectivity index (χ1) is 14.4. The number of hydrogen-bond acceptors (Lipinski definition) is 3. The molecule has 0 bridgehead atoms. The van der Waals surface area contributed by atoms with Crippen molar-refractivity contribution in [2.75, 3.05) is 0 Å². The maximum Gasteiger partial charge on any atom is 0.252 e. The molecule has 1 atom stereocenters. The van der Waals surface area contributed by atoms with E-state index in [0.717, 1.165) is 17.7 Å². The number of primary amides is 1. The zero-order chi connectivity index (χ0) is 21.5. The Balaban J connectivity index is 1.67. The first-order valence-corrected chi connectivity index (χ1v) is 9.22. The Kier molecular flexibility index (Phi) is 6.75. The van der Waals surface area contributed by atoms with Gasteiger partial charge in [0.05, 0.1) is 0 Å². The summed E-state index contributed by atoms with van der Waals surface area (Å²) in [4.78, 5) is 24.1. The van der Waals surface area contributed by atoms with Gasteiger partial charge in [-0.15, -0.1) is 0 Å². The third kappa shape index (κ3) is 5.88. The van der Waals surface area contributed by atoms with Gasteiger partial charge >= 0.3 is 0 Å². The van der Waals surface area contributed by atoms with E-state index >= 15 is 0 Å². The monoisotopic (exact) mass is 410 g/mol. The fourth-order valence-electron chi connectivity index (χ4n) is 2.89. The Labute approximate surface area is 172 Å². The van der Waals surface area contributed by atoms with Crippen molar-refractivity contribution in [2.24, 2.45) is 5.73 Å². The van der Waals surface area contributed by atoms with Crippen molar-refractivity contribution in [1.82, 2.24) is 5.32 Å². The summed E-state index contributed by atoms with van der Waals surface area (Å²) in [6.07, 6.45) is 0.0986. The van der Waals surface area contributed by atoms with E-state index in [9.17, 15) is 18.4 Å². The van der Waals surface area contributed by atoms with Crippen LogP contribution in [0.1, 0.15) is 21.5 Å². The van der Waals surface area contributed by atoms with E-state index in [1.807, 2.05) is 30.3 Å². The van der Waals surface area contributed by atoms with Crippen molar-refractivity contribution < 1.29 is 23.1 Å². The number of benzene rings is 3. The molecule has 5 nitrogen and oxygen atoms in total. The second kappa shape index (κ2) is 9.65. The molecule has 0 aliphatic heterocycles. The minimum atomic E-state index is -1.06. The van der Waals surface area contributed by atoms with Crippen LogP contribution < -0.4 is 15.8 Å². The van der Waals surface area contributed by atoms with Crippen molar-refractivity contribution in [3.8, 4) is 5.75 Å². The van der Waals surface area contributed by atoms with E-state index in [-0.39, 0.29) is 12.0 Å². The molecule has 0 fully saturated rings. The number of amides is 2. The van der Waals surface area contributed by atoms with Crippen molar-refractivity contribution in [1.29, 1.82) is 0 Å². The molecule has 3 rings (SSSR count). The van der Waals surface area contributed by atoms with Gasteiger partial charge in [0.15, 0.2) is 0 Å². The number of nitrogens with two attached hydrogens (primary N) is 1. The predicted octanol–water partition coefficient (Wildman–Crippen LogP) is 3.37. The Morgan fingerprint density at radius 3 is 2.23 bits per heavy atom. The third-order valence-electron chi connectivity index (χ3n) is 4.36. The van der Waals surface area contributed by atoms with E-state index in [4.69, 9.17) is 10.5 Å². The first-order valence-electron chi connectivity index (χ1n) is 9.22. The van der Waals surface area contributed by atoms with Gasteiger partial charge in [-0.1, -0.05) is 42.5 Å². The molecule has 0 unspecified atom stereocenters. The average molecular weight is 410 g/mol. The number of rotatable bonds is 8. The summed E-state index contributed by atoms with van der Waals surface area (Å²) in [5.74, 6) is -2.75. The number of ether oxygens (including phenoxy) is 1. The quantitative estimate of drug-likeness (QED) is 0.597. The average Bonchev–Trinajstić information content (AvgIpc) is 2.72. The highest BCUT2D eigenvalue weighted by molar-refractivity contribution is 5.97. The lowest BCUT2D eigenvalue weighted by atomic mass is 10.0. The van der Waals surface area contributed by atoms with Crippen LogP contribution in [-0.4, -0.2) is 17.9 Å². The second-order valence-corrected chi connectivity index (χ2v) is 6.71. The molecule has 0 heterocycles. The van der Waals surface area contributed by atoms with Crippen LogP contribution in [0.5, 0.6) is 5.75 Å². The van der Waals surface area contributed by atoms with Crippen LogP contribution in [0.25, 0.3) is 0 Å². The van der Waals surface area contributed by atoms with Gasteiger partial charge in [-0.3, -0.25) is 9.59 Å². The van der Waals surface area contributed by atoms with Gasteiger partial charge in [0, 0.05) is 18.1 Å². The summed E-state index contributed by atoms with van der Waals surface area (Å²) in [5.41, 5.74) is 6.88. The maximum atomic E-state index is 13.3. The Hall–Kier alpha value is -3.74. The van der Waals surface area contributed by atoms with Gasteiger partial charge in [0.25, 0.3) is 5.91 Å². The standard InChI is InChI=1S/C23H20F2N2O3/c24-18-11-17(12-19(25)13-18)23(29)27-21(22(26)28)10-16-7-4-8-20(9-16)30-14-15-5-2-1-3-6-15/h1-9,11-13,21H,10,14H2,(H2,26,28)(H,27,29)/t21-/m0/s1. The molecular formula is C23H20F2N2O3. The minimum Gasteiger partial charge on any atom is -0.489 e. The van der Waals surface area contributed by atoms with Crippen molar-refractivity contribution in [3.05, 3.63) is 101 Å². The largest absolute Gasteiger partial charge is 0.489 e. The first kappa shape index (κ1) is 21.0. The lowest BCUT2D eigenvalue weighted by molar-refractivity contribution is -0.119. The smallest absolute Gasteiger partial charge is 0.252 e. The van der Waals surface area contributed by atoms with Gasteiger partial charge < -0.3 is 15.8 Å². The molecule has 0 spiro atoms. The highest BCUT2D eigenvalue weighted by Gasteiger charge is 2.20. The molecule has 0 radical (unpaired) electrons. The number of hydrogen-bond donors (Lipinski definition) is 2. The van der Waals surface area contributed by atoms with Crippen molar-refractivity contribution >= 4 is 11.8 Å². The molecule has 154 valence electrons. The SMILES string of the molecule is NC(=O)[C@H](Cc1cccc(OCc2ccccc2)c1)NC(=O)c1cc(F)cc(F)c1. The van der Waals surface area contributed by atoms with Crippen LogP contribution in [0, 0.1) is 11.6 Å². The zero-order valence-electron chi connectivity index (χ0n) is 16.0. The molecule has 0 aromatic heterocycles. The molecular weight excluding hydrogens is 390 g/mol. The molecule has 3 aromatic rings. The third-order valence-corrected chi connectivity index (χ3v) is 4.36. The summed E-state index contributed by atoms with van der Waals surface area (Å²) >= 11 is 0. The molecule has 2 amide bonds. The van der Waals surface area contributed by atoms with Gasteiger partial charge in [-0.05, 0) is 35.4 Å². The molecule has 3 N–H and O–H groups in total. The summed E-state index contributed by atoms with van der Waals surface area (Å²) in [6.45, 7) is 0.380. The fraction of sp³-hybridized carbons (Fsp3) is 0.130. The van der Waals surface area contributed by atoms with Gasteiger partial charge in [0.1, 0.15) is 30.0 Å². The highest BCUT2D eigenvalue weighted by atomic mass is 19.1. The van der Waals surface area contributed by atoms with E-state index in [1.54, 1.807) is 24.3 Å². The lowest BCUT2D eigenvalue weighted by Crippen LogP contribution is -2.45. The number of carbonyl (C=O) groups is 2. The lowest BCUT2D eigenvalue weighted by Gasteiger charge is -2.16. The minimum absolute atomic E-state index is 0.0986. The van der Waals surface area contributed by atoms with E-state index < -0.39 is 29.5 Å². The van der Waals surface area contributed by atoms with Crippen LogP contribution in [-0.2, 0) is 17.8 Å². The maximum absolute atomic E-state index is 13.3. The van der Waals surface area contributed by atoms with Crippen molar-refractivity contribution in [3.63, 3.8) is 0 Å². The molecule has 0 aliphatic carbocycles.